The molecule has 2 unspecified atom stereocenters. The summed E-state index contributed by atoms with van der Waals surface area (Å²) in [6, 6.07) is 7.47. The smallest absolute Gasteiger partial charge is 0.337 e. The maximum absolute atomic E-state index is 12.0. The Bertz CT molecular complexity index is 564. The molecule has 0 aliphatic heterocycles. The van der Waals surface area contributed by atoms with Gasteiger partial charge in [0.25, 0.3) is 0 Å². The fourth-order valence-corrected chi connectivity index (χ4v) is 4.01. The summed E-state index contributed by atoms with van der Waals surface area (Å²) in [4.78, 5) is 23.6. The summed E-state index contributed by atoms with van der Waals surface area (Å²) in [6.45, 7) is 2.06. The Balaban J connectivity index is 2.25. The second kappa shape index (κ2) is 8.32. The van der Waals surface area contributed by atoms with Crippen molar-refractivity contribution < 1.29 is 19.4 Å². The van der Waals surface area contributed by atoms with Crippen molar-refractivity contribution in [1.29, 1.82) is 0 Å². The summed E-state index contributed by atoms with van der Waals surface area (Å²) in [6.07, 6.45) is 7.32. The molecule has 0 bridgehead atoms. The molecule has 2 rings (SSSR count). The van der Waals surface area contributed by atoms with E-state index in [1.807, 2.05) is 12.1 Å². The number of aliphatic carboxylic acids is 1. The number of carboxylic acids is 1. The summed E-state index contributed by atoms with van der Waals surface area (Å²) in [5.74, 6) is -0.757. The zero-order valence-electron chi connectivity index (χ0n) is 14.7. The molecule has 0 aromatic heterocycles. The molecule has 0 heterocycles. The number of rotatable bonds is 5. The van der Waals surface area contributed by atoms with Crippen molar-refractivity contribution >= 4 is 11.9 Å². The number of carbonyl (C=O) groups is 2. The minimum Gasteiger partial charge on any atom is -0.481 e. The molecule has 2 atom stereocenters. The minimum atomic E-state index is -0.651. The van der Waals surface area contributed by atoms with Crippen LogP contribution in [-0.2, 0) is 9.53 Å². The first-order valence-electron chi connectivity index (χ1n) is 8.94. The largest absolute Gasteiger partial charge is 0.481 e. The number of esters is 1. The molecule has 0 radical (unpaired) electrons. The standard InChI is InChI=1S/C20H28O4/c1-3-12-20(19(22)23)13-6-4-5-7-17(14-20)15-8-10-16(11-9-15)18(21)24-2/h8-11,17H,3-7,12-14H2,1-2H3,(H,22,23). The average molecular weight is 332 g/mol. The van der Waals surface area contributed by atoms with Gasteiger partial charge in [0.15, 0.2) is 0 Å². The molecule has 0 spiro atoms. The zero-order valence-corrected chi connectivity index (χ0v) is 14.7. The lowest BCUT2D eigenvalue weighted by atomic mass is 9.68. The van der Waals surface area contributed by atoms with Gasteiger partial charge in [-0.1, -0.05) is 44.7 Å². The van der Waals surface area contributed by atoms with Crippen molar-refractivity contribution in [2.45, 2.75) is 64.2 Å². The Hall–Kier alpha value is -1.84. The first-order chi connectivity index (χ1) is 11.5. The number of hydrogen-bond acceptors (Lipinski definition) is 3. The van der Waals surface area contributed by atoms with E-state index in [4.69, 9.17) is 4.74 Å². The predicted octanol–water partition coefficient (Wildman–Crippen LogP) is 4.78. The van der Waals surface area contributed by atoms with Gasteiger partial charge in [-0.3, -0.25) is 4.79 Å². The molecule has 1 aromatic carbocycles. The van der Waals surface area contributed by atoms with Crippen LogP contribution in [0.3, 0.4) is 0 Å². The van der Waals surface area contributed by atoms with E-state index in [1.54, 1.807) is 12.1 Å². The van der Waals surface area contributed by atoms with Crippen LogP contribution in [-0.4, -0.2) is 24.2 Å². The normalized spacial score (nSPS) is 24.7. The van der Waals surface area contributed by atoms with Crippen LogP contribution >= 0.6 is 0 Å². The number of benzene rings is 1. The van der Waals surface area contributed by atoms with Crippen LogP contribution in [0.1, 0.15) is 80.1 Å². The van der Waals surface area contributed by atoms with Crippen molar-refractivity contribution in [2.75, 3.05) is 7.11 Å². The highest BCUT2D eigenvalue weighted by molar-refractivity contribution is 5.89. The molecule has 1 N–H and O–H groups in total. The third-order valence-electron chi connectivity index (χ3n) is 5.33. The van der Waals surface area contributed by atoms with Gasteiger partial charge in [-0.2, -0.15) is 0 Å². The van der Waals surface area contributed by atoms with Gasteiger partial charge in [0.05, 0.1) is 18.1 Å². The Labute approximate surface area is 144 Å². The molecule has 4 heteroatoms. The third kappa shape index (κ3) is 4.16. The van der Waals surface area contributed by atoms with E-state index in [-0.39, 0.29) is 11.9 Å². The molecule has 0 amide bonds. The van der Waals surface area contributed by atoms with E-state index >= 15 is 0 Å². The molecule has 1 aliphatic carbocycles. The van der Waals surface area contributed by atoms with Gasteiger partial charge < -0.3 is 9.84 Å². The average Bonchev–Trinajstić information content (AvgIpc) is 2.56. The van der Waals surface area contributed by atoms with Crippen molar-refractivity contribution in [3.8, 4) is 0 Å². The molecule has 1 saturated carbocycles. The molecular weight excluding hydrogens is 304 g/mol. The molecular formula is C20H28O4. The van der Waals surface area contributed by atoms with Gasteiger partial charge in [0, 0.05) is 0 Å². The van der Waals surface area contributed by atoms with E-state index in [9.17, 15) is 14.7 Å². The van der Waals surface area contributed by atoms with Gasteiger partial charge >= 0.3 is 11.9 Å². The topological polar surface area (TPSA) is 63.6 Å². The van der Waals surface area contributed by atoms with Gasteiger partial charge in [-0.05, 0) is 49.3 Å². The van der Waals surface area contributed by atoms with E-state index in [0.29, 0.717) is 12.0 Å². The monoisotopic (exact) mass is 332 g/mol. The van der Waals surface area contributed by atoms with E-state index in [1.165, 1.54) is 7.11 Å². The first-order valence-corrected chi connectivity index (χ1v) is 8.94. The van der Waals surface area contributed by atoms with E-state index < -0.39 is 11.4 Å². The van der Waals surface area contributed by atoms with Gasteiger partial charge in [0.1, 0.15) is 0 Å². The van der Waals surface area contributed by atoms with Crippen LogP contribution in [0, 0.1) is 5.41 Å². The highest BCUT2D eigenvalue weighted by atomic mass is 16.5. The molecule has 1 aromatic rings. The Morgan fingerprint density at radius 3 is 2.50 bits per heavy atom. The number of carboxylic acid groups (broad SMARTS) is 1. The Morgan fingerprint density at radius 1 is 1.21 bits per heavy atom. The van der Waals surface area contributed by atoms with Gasteiger partial charge in [-0.15, -0.1) is 0 Å². The summed E-state index contributed by atoms with van der Waals surface area (Å²) < 4.78 is 4.74. The molecule has 132 valence electrons. The Morgan fingerprint density at radius 2 is 1.92 bits per heavy atom. The van der Waals surface area contributed by atoms with Gasteiger partial charge in [0.2, 0.25) is 0 Å². The summed E-state index contributed by atoms with van der Waals surface area (Å²) in [7, 11) is 1.37. The SMILES string of the molecule is CCCC1(C(=O)O)CCCCCC(c2ccc(C(=O)OC)cc2)C1. The highest BCUT2D eigenvalue weighted by Gasteiger charge is 2.40. The maximum atomic E-state index is 12.0. The lowest BCUT2D eigenvalue weighted by Crippen LogP contribution is -2.34. The second-order valence-corrected chi connectivity index (χ2v) is 6.95. The quantitative estimate of drug-likeness (QED) is 0.788. The summed E-state index contributed by atoms with van der Waals surface area (Å²) >= 11 is 0. The number of methoxy groups -OCH3 is 1. The van der Waals surface area contributed by atoms with Crippen LogP contribution in [0.15, 0.2) is 24.3 Å². The second-order valence-electron chi connectivity index (χ2n) is 6.95. The van der Waals surface area contributed by atoms with Crippen LogP contribution < -0.4 is 0 Å². The van der Waals surface area contributed by atoms with Crippen LogP contribution in [0.2, 0.25) is 0 Å². The fraction of sp³-hybridized carbons (Fsp3) is 0.600. The van der Waals surface area contributed by atoms with Crippen molar-refractivity contribution in [3.05, 3.63) is 35.4 Å². The molecule has 0 saturated heterocycles. The van der Waals surface area contributed by atoms with E-state index in [0.717, 1.165) is 50.5 Å². The Kier molecular flexibility index (Phi) is 6.41. The van der Waals surface area contributed by atoms with E-state index in [2.05, 4.69) is 6.92 Å². The molecule has 1 fully saturated rings. The number of carbonyl (C=O) groups excluding carboxylic acids is 1. The van der Waals surface area contributed by atoms with Gasteiger partial charge in [-0.25, -0.2) is 4.79 Å². The van der Waals surface area contributed by atoms with Crippen molar-refractivity contribution in [2.24, 2.45) is 5.41 Å². The van der Waals surface area contributed by atoms with Crippen molar-refractivity contribution in [1.82, 2.24) is 0 Å². The minimum absolute atomic E-state index is 0.236. The lowest BCUT2D eigenvalue weighted by Gasteiger charge is -2.35. The highest BCUT2D eigenvalue weighted by Crippen LogP contribution is 2.44. The summed E-state index contributed by atoms with van der Waals surface area (Å²) in [5, 5.41) is 9.89. The third-order valence-corrected chi connectivity index (χ3v) is 5.33. The van der Waals surface area contributed by atoms with Crippen LogP contribution in [0.4, 0.5) is 0 Å². The van der Waals surface area contributed by atoms with Crippen molar-refractivity contribution in [3.63, 3.8) is 0 Å². The lowest BCUT2D eigenvalue weighted by molar-refractivity contribution is -0.151. The maximum Gasteiger partial charge on any atom is 0.337 e. The predicted molar refractivity (Wildman–Crippen MR) is 93.2 cm³/mol. The summed E-state index contributed by atoms with van der Waals surface area (Å²) in [5.41, 5.74) is 1.05. The molecule has 24 heavy (non-hydrogen) atoms. The zero-order chi connectivity index (χ0) is 17.6. The molecule has 1 aliphatic rings. The molecule has 4 nitrogen and oxygen atoms in total. The van der Waals surface area contributed by atoms with Crippen LogP contribution in [0.5, 0.6) is 0 Å². The van der Waals surface area contributed by atoms with Crippen LogP contribution in [0.25, 0.3) is 0 Å². The number of hydrogen-bond donors (Lipinski definition) is 1. The first kappa shape index (κ1) is 18.5. The fourth-order valence-electron chi connectivity index (χ4n) is 4.01. The number of ether oxygens (including phenoxy) is 1.